The van der Waals surface area contributed by atoms with Crippen molar-refractivity contribution in [1.29, 1.82) is 0 Å². The predicted octanol–water partition coefficient (Wildman–Crippen LogP) is 6.68. The first-order valence-corrected chi connectivity index (χ1v) is 11.8. The minimum Gasteiger partial charge on any atom is -0.423 e. The molecule has 35 heavy (non-hydrogen) atoms. The summed E-state index contributed by atoms with van der Waals surface area (Å²) in [6.45, 7) is 11.9. The molecule has 0 N–H and O–H groups in total. The Balaban J connectivity index is 1.79. The lowest BCUT2D eigenvalue weighted by Gasteiger charge is -2.25. The van der Waals surface area contributed by atoms with Crippen LogP contribution in [0.4, 0.5) is 5.69 Å². The van der Waals surface area contributed by atoms with E-state index in [-0.39, 0.29) is 28.5 Å². The molecule has 0 bridgehead atoms. The summed E-state index contributed by atoms with van der Waals surface area (Å²) in [5.74, 6) is -1.02. The maximum atomic E-state index is 13.8. The van der Waals surface area contributed by atoms with Gasteiger partial charge in [-0.1, -0.05) is 76.2 Å². The van der Waals surface area contributed by atoms with E-state index in [2.05, 4.69) is 6.58 Å². The van der Waals surface area contributed by atoms with Gasteiger partial charge in [-0.05, 0) is 53.1 Å². The largest absolute Gasteiger partial charge is 0.423 e. The topological polar surface area (TPSA) is 63.7 Å². The Morgan fingerprint density at radius 2 is 1.51 bits per heavy atom. The van der Waals surface area contributed by atoms with Crippen molar-refractivity contribution in [1.82, 2.24) is 0 Å². The summed E-state index contributed by atoms with van der Waals surface area (Å²) in [7, 11) is 0. The Kier molecular flexibility index (Phi) is 6.70. The van der Waals surface area contributed by atoms with Gasteiger partial charge in [0, 0.05) is 0 Å². The number of hydrogen-bond donors (Lipinski definition) is 0. The van der Waals surface area contributed by atoms with E-state index in [1.165, 1.54) is 11.0 Å². The number of fused-ring (bicyclic) bond motifs is 1. The number of nitrogens with zero attached hydrogens (tertiary/aromatic N) is 1. The Labute approximate surface area is 206 Å². The summed E-state index contributed by atoms with van der Waals surface area (Å²) in [5, 5.41) is 0. The third kappa shape index (κ3) is 4.30. The average Bonchev–Trinajstić information content (AvgIpc) is 3.09. The summed E-state index contributed by atoms with van der Waals surface area (Å²) in [6, 6.07) is 17.8. The van der Waals surface area contributed by atoms with Gasteiger partial charge in [-0.25, -0.2) is 9.69 Å². The fraction of sp³-hybridized carbons (Fsp3) is 0.233. The fourth-order valence-corrected chi connectivity index (χ4v) is 4.51. The molecule has 3 aromatic carbocycles. The molecule has 0 aromatic heterocycles. The van der Waals surface area contributed by atoms with E-state index in [9.17, 15) is 14.4 Å². The number of benzene rings is 3. The van der Waals surface area contributed by atoms with Gasteiger partial charge < -0.3 is 4.74 Å². The van der Waals surface area contributed by atoms with Gasteiger partial charge in [-0.15, -0.1) is 6.58 Å². The first-order valence-electron chi connectivity index (χ1n) is 11.8. The second kappa shape index (κ2) is 9.71. The highest BCUT2D eigenvalue weighted by Gasteiger charge is 2.42. The maximum Gasteiger partial charge on any atom is 0.344 e. The molecule has 2 amide bonds. The van der Waals surface area contributed by atoms with Crippen LogP contribution in [0.25, 0.3) is 0 Å². The normalized spacial score (nSPS) is 12.9. The van der Waals surface area contributed by atoms with Gasteiger partial charge >= 0.3 is 5.97 Å². The van der Waals surface area contributed by atoms with Gasteiger partial charge in [0.25, 0.3) is 11.8 Å². The van der Waals surface area contributed by atoms with E-state index < -0.39 is 17.8 Å². The molecule has 1 aliphatic rings. The lowest BCUT2D eigenvalue weighted by Crippen LogP contribution is -2.32. The smallest absolute Gasteiger partial charge is 0.344 e. The van der Waals surface area contributed by atoms with Crippen LogP contribution in [0.5, 0.6) is 5.75 Å². The van der Waals surface area contributed by atoms with Crippen LogP contribution < -0.4 is 9.64 Å². The molecule has 1 heterocycles. The molecular formula is C30H29NO4. The molecule has 0 unspecified atom stereocenters. The molecule has 5 heteroatoms. The van der Waals surface area contributed by atoms with Crippen molar-refractivity contribution in [3.05, 3.63) is 107 Å². The third-order valence-electron chi connectivity index (χ3n) is 6.24. The number of hydrogen-bond acceptors (Lipinski definition) is 4. The molecular weight excluding hydrogens is 438 g/mol. The molecule has 5 nitrogen and oxygen atoms in total. The van der Waals surface area contributed by atoms with Crippen LogP contribution in [0.2, 0.25) is 0 Å². The second-order valence-corrected chi connectivity index (χ2v) is 9.26. The molecule has 178 valence electrons. The van der Waals surface area contributed by atoms with Crippen molar-refractivity contribution in [2.75, 3.05) is 4.90 Å². The fourth-order valence-electron chi connectivity index (χ4n) is 4.51. The SMILES string of the molecule is C=CCc1ccccc1OC(=O)c1cccc2c1C(=O)N(c1c(C(C)C)cccc1C(C)C)C2=O. The van der Waals surface area contributed by atoms with E-state index >= 15 is 0 Å². The van der Waals surface area contributed by atoms with Gasteiger partial charge in [0.15, 0.2) is 0 Å². The van der Waals surface area contributed by atoms with Crippen LogP contribution >= 0.6 is 0 Å². The predicted molar refractivity (Wildman–Crippen MR) is 138 cm³/mol. The molecule has 0 saturated carbocycles. The van der Waals surface area contributed by atoms with Crippen LogP contribution in [0.3, 0.4) is 0 Å². The number of rotatable bonds is 7. The molecule has 4 rings (SSSR count). The van der Waals surface area contributed by atoms with E-state index in [4.69, 9.17) is 4.74 Å². The number of para-hydroxylation sites is 2. The number of carbonyl (C=O) groups excluding carboxylic acids is 3. The van der Waals surface area contributed by atoms with Crippen molar-refractivity contribution in [2.45, 2.75) is 46.0 Å². The van der Waals surface area contributed by atoms with Crippen LogP contribution in [0.15, 0.2) is 73.3 Å². The van der Waals surface area contributed by atoms with Crippen LogP contribution in [0.1, 0.15) is 87.3 Å². The number of ether oxygens (including phenoxy) is 1. The average molecular weight is 468 g/mol. The highest BCUT2D eigenvalue weighted by molar-refractivity contribution is 6.36. The molecule has 0 atom stereocenters. The summed E-state index contributed by atoms with van der Waals surface area (Å²) >= 11 is 0. The number of carbonyl (C=O) groups is 3. The van der Waals surface area contributed by atoms with Gasteiger partial charge in [-0.2, -0.15) is 0 Å². The molecule has 0 spiro atoms. The molecule has 0 aliphatic carbocycles. The summed E-state index contributed by atoms with van der Waals surface area (Å²) in [5.41, 5.74) is 3.60. The van der Waals surface area contributed by atoms with Gasteiger partial charge in [0.2, 0.25) is 0 Å². The van der Waals surface area contributed by atoms with Gasteiger partial charge in [0.1, 0.15) is 5.75 Å². The zero-order chi connectivity index (χ0) is 25.3. The Bertz CT molecular complexity index is 1310. The first kappa shape index (κ1) is 24.1. The number of imide groups is 1. The van der Waals surface area contributed by atoms with Crippen molar-refractivity contribution < 1.29 is 19.1 Å². The monoisotopic (exact) mass is 467 g/mol. The van der Waals surface area contributed by atoms with Crippen LogP contribution in [-0.4, -0.2) is 17.8 Å². The van der Waals surface area contributed by atoms with E-state index in [0.29, 0.717) is 17.9 Å². The number of anilines is 1. The van der Waals surface area contributed by atoms with E-state index in [1.807, 2.05) is 58.0 Å². The quantitative estimate of drug-likeness (QED) is 0.168. The molecule has 3 aromatic rings. The molecule has 1 aliphatic heterocycles. The number of esters is 1. The summed E-state index contributed by atoms with van der Waals surface area (Å²) < 4.78 is 5.69. The maximum absolute atomic E-state index is 13.8. The minimum absolute atomic E-state index is 0.0740. The Morgan fingerprint density at radius 3 is 2.14 bits per heavy atom. The Hall–Kier alpha value is -3.99. The zero-order valence-electron chi connectivity index (χ0n) is 20.5. The van der Waals surface area contributed by atoms with Crippen molar-refractivity contribution in [3.8, 4) is 5.75 Å². The van der Waals surface area contributed by atoms with E-state index in [0.717, 1.165) is 16.7 Å². The Morgan fingerprint density at radius 1 is 0.886 bits per heavy atom. The second-order valence-electron chi connectivity index (χ2n) is 9.26. The number of amides is 2. The van der Waals surface area contributed by atoms with Crippen molar-refractivity contribution >= 4 is 23.5 Å². The molecule has 0 saturated heterocycles. The summed E-state index contributed by atoms with van der Waals surface area (Å²) in [6.07, 6.45) is 2.26. The lowest BCUT2D eigenvalue weighted by molar-refractivity contribution is 0.0728. The van der Waals surface area contributed by atoms with Gasteiger partial charge in [-0.3, -0.25) is 9.59 Å². The third-order valence-corrected chi connectivity index (χ3v) is 6.24. The number of allylic oxidation sites excluding steroid dienone is 1. The van der Waals surface area contributed by atoms with Crippen LogP contribution in [-0.2, 0) is 6.42 Å². The minimum atomic E-state index is -0.678. The molecule has 0 fully saturated rings. The standard InChI is InChI=1S/C30H29NO4/c1-6-11-20-12-7-8-17-25(20)35-30(34)24-16-10-15-23-26(24)29(33)31(28(23)32)27-21(18(2)3)13-9-14-22(27)19(4)5/h6-10,12-19H,1,11H2,2-5H3. The molecule has 0 radical (unpaired) electrons. The van der Waals surface area contributed by atoms with E-state index in [1.54, 1.807) is 30.3 Å². The highest BCUT2D eigenvalue weighted by Crippen LogP contribution is 2.40. The lowest BCUT2D eigenvalue weighted by atomic mass is 9.92. The summed E-state index contributed by atoms with van der Waals surface area (Å²) in [4.78, 5) is 41.8. The van der Waals surface area contributed by atoms with Crippen molar-refractivity contribution in [2.24, 2.45) is 0 Å². The van der Waals surface area contributed by atoms with Crippen molar-refractivity contribution in [3.63, 3.8) is 0 Å². The van der Waals surface area contributed by atoms with Gasteiger partial charge in [0.05, 0.1) is 22.4 Å². The first-order chi connectivity index (χ1) is 16.8. The van der Waals surface area contributed by atoms with Crippen LogP contribution in [0, 0.1) is 0 Å². The zero-order valence-corrected chi connectivity index (χ0v) is 20.5. The highest BCUT2D eigenvalue weighted by atomic mass is 16.5.